The van der Waals surface area contributed by atoms with Crippen molar-refractivity contribution in [3.05, 3.63) is 0 Å². The Balaban J connectivity index is 1.78. The summed E-state index contributed by atoms with van der Waals surface area (Å²) in [4.78, 5) is 0. The summed E-state index contributed by atoms with van der Waals surface area (Å²) in [5.41, 5.74) is 0.0697. The fourth-order valence-electron chi connectivity index (χ4n) is 5.17. The summed E-state index contributed by atoms with van der Waals surface area (Å²) in [5, 5.41) is 0. The Morgan fingerprint density at radius 3 is 1.95 bits per heavy atom. The molecule has 1 heterocycles. The Morgan fingerprint density at radius 1 is 0.909 bits per heavy atom. The van der Waals surface area contributed by atoms with Gasteiger partial charge in [-0.3, -0.25) is 0 Å². The van der Waals surface area contributed by atoms with Gasteiger partial charge < -0.3 is 9.05 Å². The Bertz CT molecular complexity index is 316. The van der Waals surface area contributed by atoms with Gasteiger partial charge in [-0.1, -0.05) is 51.9 Å². The molecule has 0 radical (unpaired) electrons. The maximum Gasteiger partial charge on any atom is 0.171 e. The van der Waals surface area contributed by atoms with E-state index in [9.17, 15) is 0 Å². The summed E-state index contributed by atoms with van der Waals surface area (Å²) in [6.07, 6.45) is 18.0. The zero-order valence-electron chi connectivity index (χ0n) is 14.7. The average molecular weight is 326 g/mol. The molecule has 1 saturated heterocycles. The van der Waals surface area contributed by atoms with E-state index in [1.54, 1.807) is 0 Å². The van der Waals surface area contributed by atoms with E-state index in [1.807, 2.05) is 0 Å². The minimum Gasteiger partial charge on any atom is -0.328 e. The fraction of sp³-hybridized carbons (Fsp3) is 1.00. The molecule has 2 nitrogen and oxygen atoms in total. The molecule has 3 aliphatic rings. The third-order valence-corrected chi connectivity index (χ3v) is 8.10. The van der Waals surface area contributed by atoms with Crippen LogP contribution in [0.25, 0.3) is 0 Å². The highest BCUT2D eigenvalue weighted by Gasteiger charge is 2.56. The number of unbranched alkanes of at least 4 members (excludes halogenated alkanes) is 1. The Hall–Kier alpha value is 0.350. The SMILES string of the molecule is CCCCP1OC(C)C(C2CCCCC2)(C2CCCCC2)O1. The average Bonchev–Trinajstić information content (AvgIpc) is 2.92. The molecule has 0 spiro atoms. The molecule has 0 amide bonds. The molecule has 0 bridgehead atoms. The van der Waals surface area contributed by atoms with Gasteiger partial charge in [0.1, 0.15) is 5.60 Å². The van der Waals surface area contributed by atoms with E-state index in [2.05, 4.69) is 13.8 Å². The molecular formula is C19H35O2P. The van der Waals surface area contributed by atoms with E-state index in [0.29, 0.717) is 6.10 Å². The smallest absolute Gasteiger partial charge is 0.171 e. The zero-order valence-corrected chi connectivity index (χ0v) is 15.6. The zero-order chi connectivity index (χ0) is 15.4. The van der Waals surface area contributed by atoms with Crippen molar-refractivity contribution in [2.24, 2.45) is 11.8 Å². The summed E-state index contributed by atoms with van der Waals surface area (Å²) in [5.74, 6) is 1.52. The molecule has 2 saturated carbocycles. The summed E-state index contributed by atoms with van der Waals surface area (Å²) in [7, 11) is -0.628. The molecule has 0 aromatic heterocycles. The molecule has 128 valence electrons. The van der Waals surface area contributed by atoms with Gasteiger partial charge in [-0.05, 0) is 50.9 Å². The lowest BCUT2D eigenvalue weighted by atomic mass is 9.64. The standard InChI is InChI=1S/C19H35O2P/c1-3-4-15-22-20-16(2)19(21-22,17-11-7-5-8-12-17)18-13-9-6-10-14-18/h16-18H,3-15H2,1-2H3. The first-order valence-electron chi connectivity index (χ1n) is 9.90. The third-order valence-electron chi connectivity index (χ3n) is 6.35. The molecule has 3 rings (SSSR count). The molecule has 2 unspecified atom stereocenters. The first kappa shape index (κ1) is 17.2. The maximum absolute atomic E-state index is 6.88. The second-order valence-electron chi connectivity index (χ2n) is 7.77. The van der Waals surface area contributed by atoms with Crippen LogP contribution >= 0.6 is 8.38 Å². The molecule has 3 heteroatoms. The van der Waals surface area contributed by atoms with Crippen molar-refractivity contribution in [3.63, 3.8) is 0 Å². The lowest BCUT2D eigenvalue weighted by Crippen LogP contribution is -2.52. The third kappa shape index (κ3) is 3.40. The molecule has 0 N–H and O–H groups in total. The van der Waals surface area contributed by atoms with Crippen molar-refractivity contribution in [3.8, 4) is 0 Å². The lowest BCUT2D eigenvalue weighted by molar-refractivity contribution is -0.0831. The topological polar surface area (TPSA) is 18.5 Å². The summed E-state index contributed by atoms with van der Waals surface area (Å²) in [6, 6.07) is 0. The molecule has 22 heavy (non-hydrogen) atoms. The van der Waals surface area contributed by atoms with Gasteiger partial charge in [-0.2, -0.15) is 0 Å². The van der Waals surface area contributed by atoms with Gasteiger partial charge >= 0.3 is 0 Å². The second-order valence-corrected chi connectivity index (χ2v) is 9.28. The summed E-state index contributed by atoms with van der Waals surface area (Å²) >= 11 is 0. The largest absolute Gasteiger partial charge is 0.328 e. The van der Waals surface area contributed by atoms with Crippen LogP contribution in [0.2, 0.25) is 0 Å². The van der Waals surface area contributed by atoms with E-state index >= 15 is 0 Å². The van der Waals surface area contributed by atoms with Gasteiger partial charge in [-0.15, -0.1) is 0 Å². The van der Waals surface area contributed by atoms with Gasteiger partial charge in [0.2, 0.25) is 0 Å². The molecule has 2 aliphatic carbocycles. The van der Waals surface area contributed by atoms with Crippen LogP contribution in [-0.2, 0) is 9.05 Å². The van der Waals surface area contributed by atoms with Gasteiger partial charge in [0.25, 0.3) is 0 Å². The van der Waals surface area contributed by atoms with Crippen LogP contribution in [0.3, 0.4) is 0 Å². The van der Waals surface area contributed by atoms with E-state index in [4.69, 9.17) is 9.05 Å². The van der Waals surface area contributed by atoms with Crippen LogP contribution in [0.4, 0.5) is 0 Å². The van der Waals surface area contributed by atoms with Crippen molar-refractivity contribution < 1.29 is 9.05 Å². The predicted molar refractivity (Wildman–Crippen MR) is 94.2 cm³/mol. The van der Waals surface area contributed by atoms with Crippen molar-refractivity contribution in [2.45, 2.75) is 103 Å². The molecule has 0 aromatic rings. The van der Waals surface area contributed by atoms with Crippen molar-refractivity contribution >= 4 is 8.38 Å². The van der Waals surface area contributed by atoms with Crippen LogP contribution in [0.5, 0.6) is 0 Å². The first-order chi connectivity index (χ1) is 10.8. The minimum atomic E-state index is -0.628. The van der Waals surface area contributed by atoms with E-state index in [-0.39, 0.29) is 5.60 Å². The predicted octanol–water partition coefficient (Wildman–Crippen LogP) is 6.43. The van der Waals surface area contributed by atoms with Crippen LogP contribution in [0.15, 0.2) is 0 Å². The van der Waals surface area contributed by atoms with Gasteiger partial charge in [0.15, 0.2) is 8.38 Å². The monoisotopic (exact) mass is 326 g/mol. The highest BCUT2D eigenvalue weighted by molar-refractivity contribution is 7.47. The van der Waals surface area contributed by atoms with Crippen LogP contribution in [-0.4, -0.2) is 17.9 Å². The number of rotatable bonds is 5. The van der Waals surface area contributed by atoms with Gasteiger partial charge in [0, 0.05) is 6.16 Å². The van der Waals surface area contributed by atoms with E-state index < -0.39 is 8.38 Å². The number of hydrogen-bond acceptors (Lipinski definition) is 2. The van der Waals surface area contributed by atoms with Crippen LogP contribution in [0, 0.1) is 11.8 Å². The summed E-state index contributed by atoms with van der Waals surface area (Å²) in [6.45, 7) is 4.60. The Morgan fingerprint density at radius 2 is 1.45 bits per heavy atom. The van der Waals surface area contributed by atoms with Crippen molar-refractivity contribution in [2.75, 3.05) is 6.16 Å². The first-order valence-corrected chi connectivity index (χ1v) is 11.3. The molecular weight excluding hydrogens is 291 g/mol. The van der Waals surface area contributed by atoms with Crippen molar-refractivity contribution in [1.82, 2.24) is 0 Å². The van der Waals surface area contributed by atoms with Gasteiger partial charge in [-0.25, -0.2) is 0 Å². The van der Waals surface area contributed by atoms with Gasteiger partial charge in [0.05, 0.1) is 6.10 Å². The molecule has 0 aromatic carbocycles. The minimum absolute atomic E-state index is 0.0697. The quantitative estimate of drug-likeness (QED) is 0.542. The van der Waals surface area contributed by atoms with Crippen LogP contribution < -0.4 is 0 Å². The molecule has 3 fully saturated rings. The highest BCUT2D eigenvalue weighted by atomic mass is 31.2. The highest BCUT2D eigenvalue weighted by Crippen LogP contribution is 2.62. The lowest BCUT2D eigenvalue weighted by Gasteiger charge is -2.47. The second kappa shape index (κ2) is 7.95. The van der Waals surface area contributed by atoms with Crippen molar-refractivity contribution in [1.29, 1.82) is 0 Å². The van der Waals surface area contributed by atoms with E-state index in [0.717, 1.165) is 18.0 Å². The molecule has 1 aliphatic heterocycles. The number of hydrogen-bond donors (Lipinski definition) is 0. The maximum atomic E-state index is 6.88. The summed E-state index contributed by atoms with van der Waals surface area (Å²) < 4.78 is 13.3. The van der Waals surface area contributed by atoms with Crippen LogP contribution in [0.1, 0.15) is 90.9 Å². The Labute approximate surface area is 138 Å². The fourth-order valence-corrected chi connectivity index (χ4v) is 7.30. The van der Waals surface area contributed by atoms with E-state index in [1.165, 1.54) is 77.0 Å². The normalized spacial score (nSPS) is 34.1. The Kier molecular flexibility index (Phi) is 6.21. The molecule has 2 atom stereocenters.